The van der Waals surface area contributed by atoms with Gasteiger partial charge in [-0.25, -0.2) is 4.39 Å². The molecule has 1 N–H and O–H groups in total. The van der Waals surface area contributed by atoms with Crippen molar-refractivity contribution < 1.29 is 14.3 Å². The first kappa shape index (κ1) is 19.9. The van der Waals surface area contributed by atoms with Gasteiger partial charge in [-0.15, -0.1) is 5.10 Å². The monoisotopic (exact) mass is 420 g/mol. The normalized spacial score (nSPS) is 20.5. The number of nitrogens with zero attached hydrogens (tertiary/aromatic N) is 4. The van der Waals surface area contributed by atoms with E-state index in [0.29, 0.717) is 35.3 Å². The highest BCUT2D eigenvalue weighted by molar-refractivity contribution is 5.99. The van der Waals surface area contributed by atoms with Gasteiger partial charge in [0.1, 0.15) is 11.5 Å². The van der Waals surface area contributed by atoms with Gasteiger partial charge < -0.3 is 10.0 Å². The molecule has 1 aliphatic heterocycles. The number of aryl methyl sites for hydroxylation is 2. The summed E-state index contributed by atoms with van der Waals surface area (Å²) in [5, 5.41) is 18.2. The van der Waals surface area contributed by atoms with Crippen LogP contribution in [0.3, 0.4) is 0 Å². The molecular formula is C24H25FN4O2. The van der Waals surface area contributed by atoms with Crippen molar-refractivity contribution in [3.8, 4) is 11.3 Å². The highest BCUT2D eigenvalue weighted by Crippen LogP contribution is 2.34. The van der Waals surface area contributed by atoms with Crippen LogP contribution < -0.4 is 0 Å². The molecule has 1 fully saturated rings. The summed E-state index contributed by atoms with van der Waals surface area (Å²) < 4.78 is 16.4. The van der Waals surface area contributed by atoms with Crippen molar-refractivity contribution in [2.24, 2.45) is 7.05 Å². The van der Waals surface area contributed by atoms with E-state index >= 15 is 0 Å². The number of aliphatic hydroxyl groups is 1. The molecule has 0 bridgehead atoms. The van der Waals surface area contributed by atoms with Crippen molar-refractivity contribution in [2.45, 2.75) is 51.3 Å². The van der Waals surface area contributed by atoms with Crippen LogP contribution in [0, 0.1) is 12.7 Å². The van der Waals surface area contributed by atoms with Gasteiger partial charge in [0.25, 0.3) is 5.91 Å². The van der Waals surface area contributed by atoms with Crippen LogP contribution in [-0.2, 0) is 20.0 Å². The highest BCUT2D eigenvalue weighted by atomic mass is 19.1. The van der Waals surface area contributed by atoms with E-state index in [2.05, 4.69) is 10.3 Å². The minimum atomic E-state index is -0.444. The van der Waals surface area contributed by atoms with Gasteiger partial charge in [0.2, 0.25) is 0 Å². The van der Waals surface area contributed by atoms with Crippen LogP contribution in [0.2, 0.25) is 0 Å². The molecule has 1 amide bonds. The summed E-state index contributed by atoms with van der Waals surface area (Å²) >= 11 is 0. The Bertz CT molecular complexity index is 1170. The van der Waals surface area contributed by atoms with E-state index in [1.807, 2.05) is 30.0 Å². The summed E-state index contributed by atoms with van der Waals surface area (Å²) in [6.07, 6.45) is 4.25. The zero-order valence-corrected chi connectivity index (χ0v) is 17.7. The molecule has 2 aromatic carbocycles. The number of halogens is 1. The molecule has 1 aromatic heterocycles. The van der Waals surface area contributed by atoms with Crippen LogP contribution in [0.4, 0.5) is 4.39 Å². The quantitative estimate of drug-likeness (QED) is 0.702. The predicted molar refractivity (Wildman–Crippen MR) is 114 cm³/mol. The third-order valence-corrected chi connectivity index (χ3v) is 6.57. The number of amides is 1. The molecule has 5 rings (SSSR count). The summed E-state index contributed by atoms with van der Waals surface area (Å²) in [4.78, 5) is 14.8. The lowest BCUT2D eigenvalue weighted by Gasteiger charge is -2.26. The largest absolute Gasteiger partial charge is 0.391 e. The van der Waals surface area contributed by atoms with Gasteiger partial charge >= 0.3 is 0 Å². The minimum Gasteiger partial charge on any atom is -0.391 e. The van der Waals surface area contributed by atoms with Crippen LogP contribution in [0.5, 0.6) is 0 Å². The van der Waals surface area contributed by atoms with Crippen molar-refractivity contribution in [1.82, 2.24) is 19.9 Å². The number of hydrogen-bond acceptors (Lipinski definition) is 4. The zero-order valence-electron chi connectivity index (χ0n) is 17.7. The number of carbonyl (C=O) groups excluding carboxylic acids is 1. The van der Waals surface area contributed by atoms with E-state index in [-0.39, 0.29) is 17.8 Å². The fraction of sp³-hybridized carbons (Fsp3) is 0.375. The minimum absolute atomic E-state index is 0.0272. The van der Waals surface area contributed by atoms with Gasteiger partial charge in [-0.1, -0.05) is 23.4 Å². The number of hydrogen-bond donors (Lipinski definition) is 1. The topological polar surface area (TPSA) is 71.2 Å². The number of carbonyl (C=O) groups is 1. The lowest BCUT2D eigenvalue weighted by Crippen LogP contribution is -2.40. The molecule has 2 aliphatic rings. The standard InChI is InChI=1S/C24H25FN4O2/c1-14-8-18-12-29(22-4-3-5-23(22)30)24(31)19(18)10-17(14)9-15-6-7-16(11-20(15)25)21-13-28(2)27-26-21/h6-8,10-11,13,22-23,30H,3-5,9,12H2,1-2H3. The van der Waals surface area contributed by atoms with Gasteiger partial charge in [-0.05, 0) is 60.6 Å². The number of rotatable bonds is 4. The lowest BCUT2D eigenvalue weighted by atomic mass is 9.95. The van der Waals surface area contributed by atoms with E-state index in [4.69, 9.17) is 0 Å². The molecule has 3 aromatic rings. The Labute approximate surface area is 180 Å². The maximum Gasteiger partial charge on any atom is 0.254 e. The first-order valence-corrected chi connectivity index (χ1v) is 10.7. The van der Waals surface area contributed by atoms with Gasteiger partial charge in [-0.2, -0.15) is 0 Å². The molecule has 1 saturated carbocycles. The van der Waals surface area contributed by atoms with E-state index in [9.17, 15) is 14.3 Å². The maximum atomic E-state index is 14.9. The van der Waals surface area contributed by atoms with Crippen LogP contribution in [-0.4, -0.2) is 43.1 Å². The molecular weight excluding hydrogens is 395 g/mol. The van der Waals surface area contributed by atoms with Crippen molar-refractivity contribution in [2.75, 3.05) is 0 Å². The molecule has 2 heterocycles. The molecule has 2 atom stereocenters. The average molecular weight is 420 g/mol. The van der Waals surface area contributed by atoms with Gasteiger partial charge in [0, 0.05) is 31.1 Å². The summed E-state index contributed by atoms with van der Waals surface area (Å²) in [7, 11) is 1.77. The molecule has 1 aliphatic carbocycles. The fourth-order valence-electron chi connectivity index (χ4n) is 4.83. The summed E-state index contributed by atoms with van der Waals surface area (Å²) in [5.74, 6) is -0.328. The number of aliphatic hydroxyl groups excluding tert-OH is 1. The second kappa shape index (κ2) is 7.57. The smallest absolute Gasteiger partial charge is 0.254 e. The number of aromatic nitrogens is 3. The highest BCUT2D eigenvalue weighted by Gasteiger charge is 2.38. The molecule has 0 radical (unpaired) electrons. The Balaban J connectivity index is 1.40. The predicted octanol–water partition coefficient (Wildman–Crippen LogP) is 3.39. The van der Waals surface area contributed by atoms with E-state index < -0.39 is 6.10 Å². The first-order chi connectivity index (χ1) is 14.9. The van der Waals surface area contributed by atoms with Crippen molar-refractivity contribution >= 4 is 5.91 Å². The molecule has 31 heavy (non-hydrogen) atoms. The average Bonchev–Trinajstić information content (AvgIpc) is 3.43. The first-order valence-electron chi connectivity index (χ1n) is 10.7. The Morgan fingerprint density at radius 2 is 2.03 bits per heavy atom. The Kier molecular flexibility index (Phi) is 4.85. The van der Waals surface area contributed by atoms with Crippen LogP contribution in [0.1, 0.15) is 51.9 Å². The lowest BCUT2D eigenvalue weighted by molar-refractivity contribution is 0.0479. The second-order valence-corrected chi connectivity index (χ2v) is 8.69. The molecule has 0 spiro atoms. The zero-order chi connectivity index (χ0) is 21.7. The molecule has 160 valence electrons. The Morgan fingerprint density at radius 3 is 2.71 bits per heavy atom. The molecule has 0 saturated heterocycles. The van der Waals surface area contributed by atoms with Crippen LogP contribution in [0.25, 0.3) is 11.3 Å². The number of benzene rings is 2. The second-order valence-electron chi connectivity index (χ2n) is 8.69. The Hall–Kier alpha value is -3.06. The van der Waals surface area contributed by atoms with Gasteiger partial charge in [-0.3, -0.25) is 9.48 Å². The SMILES string of the molecule is Cc1cc2c(cc1Cc1ccc(-c3cn(C)nn3)cc1F)C(=O)N(C1CCCC1O)C2. The third-order valence-electron chi connectivity index (χ3n) is 6.57. The van der Waals surface area contributed by atoms with Crippen LogP contribution >= 0.6 is 0 Å². The third kappa shape index (κ3) is 3.53. The van der Waals surface area contributed by atoms with E-state index in [1.54, 1.807) is 24.0 Å². The molecule has 7 heteroatoms. The van der Waals surface area contributed by atoms with E-state index in [1.165, 1.54) is 6.07 Å². The van der Waals surface area contributed by atoms with Crippen molar-refractivity contribution in [3.05, 3.63) is 70.2 Å². The molecule has 2 unspecified atom stereocenters. The Morgan fingerprint density at radius 1 is 1.19 bits per heavy atom. The fourth-order valence-corrected chi connectivity index (χ4v) is 4.83. The summed E-state index contributed by atoms with van der Waals surface area (Å²) in [5.41, 5.74) is 5.52. The molecule has 6 nitrogen and oxygen atoms in total. The van der Waals surface area contributed by atoms with Gasteiger partial charge in [0.05, 0.1) is 18.3 Å². The van der Waals surface area contributed by atoms with Crippen molar-refractivity contribution in [1.29, 1.82) is 0 Å². The summed E-state index contributed by atoms with van der Waals surface area (Å²) in [6.45, 7) is 2.54. The summed E-state index contributed by atoms with van der Waals surface area (Å²) in [6, 6.07) is 8.94. The number of fused-ring (bicyclic) bond motifs is 1. The van der Waals surface area contributed by atoms with Crippen LogP contribution in [0.15, 0.2) is 36.5 Å². The van der Waals surface area contributed by atoms with Crippen molar-refractivity contribution in [3.63, 3.8) is 0 Å². The maximum absolute atomic E-state index is 14.9. The van der Waals surface area contributed by atoms with Gasteiger partial charge in [0.15, 0.2) is 0 Å². The van der Waals surface area contributed by atoms with E-state index in [0.717, 1.165) is 36.0 Å².